The lowest BCUT2D eigenvalue weighted by molar-refractivity contribution is 0.448. The minimum Gasteiger partial charge on any atom is -0.320 e. The molecule has 1 heterocycles. The highest BCUT2D eigenvalue weighted by atomic mass is 32.2. The molecule has 19 heavy (non-hydrogen) atoms. The average Bonchev–Trinajstić information content (AvgIpc) is 2.40. The molecule has 108 valence electrons. The van der Waals surface area contributed by atoms with Crippen LogP contribution < -0.4 is 10.0 Å². The summed E-state index contributed by atoms with van der Waals surface area (Å²) in [7, 11) is 0.0458. The van der Waals surface area contributed by atoms with Gasteiger partial charge in [0.05, 0.1) is 0 Å². The largest absolute Gasteiger partial charge is 0.320 e. The van der Waals surface area contributed by atoms with Gasteiger partial charge in [0, 0.05) is 38.4 Å². The third-order valence-electron chi connectivity index (χ3n) is 2.70. The van der Waals surface area contributed by atoms with E-state index < -0.39 is 10.2 Å². The van der Waals surface area contributed by atoms with Crippen molar-refractivity contribution in [3.63, 3.8) is 0 Å². The molecule has 0 aliphatic rings. The fraction of sp³-hybridized carbons (Fsp3) is 0.583. The lowest BCUT2D eigenvalue weighted by atomic mass is 10.3. The highest BCUT2D eigenvalue weighted by Crippen LogP contribution is 1.97. The van der Waals surface area contributed by atoms with Gasteiger partial charge in [-0.05, 0) is 32.1 Å². The van der Waals surface area contributed by atoms with Crippen molar-refractivity contribution in [2.24, 2.45) is 0 Å². The maximum absolute atomic E-state index is 11.9. The van der Waals surface area contributed by atoms with Crippen molar-refractivity contribution < 1.29 is 8.42 Å². The minimum atomic E-state index is -3.38. The highest BCUT2D eigenvalue weighted by molar-refractivity contribution is 7.87. The lowest BCUT2D eigenvalue weighted by Gasteiger charge is -2.17. The molecule has 0 fully saturated rings. The molecule has 0 atom stereocenters. The van der Waals surface area contributed by atoms with Gasteiger partial charge in [-0.2, -0.15) is 12.7 Å². The van der Waals surface area contributed by atoms with E-state index in [0.29, 0.717) is 19.5 Å². The van der Waals surface area contributed by atoms with Gasteiger partial charge in [0.25, 0.3) is 10.2 Å². The molecular weight excluding hydrogens is 264 g/mol. The summed E-state index contributed by atoms with van der Waals surface area (Å²) < 4.78 is 27.7. The van der Waals surface area contributed by atoms with Crippen LogP contribution in [0, 0.1) is 0 Å². The Morgan fingerprint density at radius 3 is 2.74 bits per heavy atom. The number of aromatic nitrogens is 1. The Bertz CT molecular complexity index is 450. The predicted molar refractivity (Wildman–Crippen MR) is 76.0 cm³/mol. The number of rotatable bonds is 9. The van der Waals surface area contributed by atoms with Crippen LogP contribution in [0.2, 0.25) is 0 Å². The van der Waals surface area contributed by atoms with Crippen LogP contribution >= 0.6 is 0 Å². The topological polar surface area (TPSA) is 74.3 Å². The highest BCUT2D eigenvalue weighted by Gasteiger charge is 2.15. The van der Waals surface area contributed by atoms with Crippen LogP contribution in [-0.4, -0.2) is 51.4 Å². The first-order chi connectivity index (χ1) is 9.06. The second-order valence-electron chi connectivity index (χ2n) is 4.25. The zero-order valence-electron chi connectivity index (χ0n) is 11.5. The first-order valence-corrected chi connectivity index (χ1v) is 7.75. The Kier molecular flexibility index (Phi) is 6.93. The predicted octanol–water partition coefficient (Wildman–Crippen LogP) is -0.000200. The molecule has 1 rings (SSSR count). The first-order valence-electron chi connectivity index (χ1n) is 6.31. The Hall–Kier alpha value is -1.02. The zero-order chi connectivity index (χ0) is 14.1. The maximum Gasteiger partial charge on any atom is 0.279 e. The summed E-state index contributed by atoms with van der Waals surface area (Å²) in [6, 6.07) is 5.61. The number of hydrogen-bond donors (Lipinski definition) is 2. The van der Waals surface area contributed by atoms with Crippen molar-refractivity contribution >= 4 is 10.2 Å². The molecule has 0 saturated heterocycles. The van der Waals surface area contributed by atoms with E-state index in [4.69, 9.17) is 0 Å². The Morgan fingerprint density at radius 2 is 2.11 bits per heavy atom. The van der Waals surface area contributed by atoms with Gasteiger partial charge in [-0.1, -0.05) is 6.07 Å². The first kappa shape index (κ1) is 16.0. The molecule has 1 aromatic rings. The molecule has 0 aromatic carbocycles. The fourth-order valence-electron chi connectivity index (χ4n) is 1.56. The van der Waals surface area contributed by atoms with E-state index in [2.05, 4.69) is 15.0 Å². The standard InChI is InChI=1S/C12H22N4O2S/c1-13-8-5-11-16(2)19(17,18)15-10-7-12-6-3-4-9-14-12/h3-4,6,9,13,15H,5,7-8,10-11H2,1-2H3. The molecule has 7 heteroatoms. The molecule has 1 aromatic heterocycles. The summed E-state index contributed by atoms with van der Waals surface area (Å²) in [5.74, 6) is 0. The summed E-state index contributed by atoms with van der Waals surface area (Å²) in [4.78, 5) is 4.15. The smallest absolute Gasteiger partial charge is 0.279 e. The molecule has 0 aliphatic carbocycles. The number of nitrogens with zero attached hydrogens (tertiary/aromatic N) is 2. The van der Waals surface area contributed by atoms with Gasteiger partial charge in [-0.25, -0.2) is 4.72 Å². The third-order valence-corrected chi connectivity index (χ3v) is 4.27. The molecule has 2 N–H and O–H groups in total. The molecule has 0 bridgehead atoms. The Balaban J connectivity index is 2.34. The number of pyridine rings is 1. The SMILES string of the molecule is CNCCCN(C)S(=O)(=O)NCCc1ccccn1. The van der Waals surface area contributed by atoms with Gasteiger partial charge in [0.15, 0.2) is 0 Å². The van der Waals surface area contributed by atoms with Crippen LogP contribution in [0.1, 0.15) is 12.1 Å². The van der Waals surface area contributed by atoms with Gasteiger partial charge < -0.3 is 5.32 Å². The van der Waals surface area contributed by atoms with E-state index in [1.807, 2.05) is 25.2 Å². The number of hydrogen-bond acceptors (Lipinski definition) is 4. The van der Waals surface area contributed by atoms with Crippen LogP contribution in [0.5, 0.6) is 0 Å². The lowest BCUT2D eigenvalue weighted by Crippen LogP contribution is -2.40. The molecule has 0 spiro atoms. The van der Waals surface area contributed by atoms with Crippen LogP contribution in [0.15, 0.2) is 24.4 Å². The molecule has 0 aliphatic heterocycles. The van der Waals surface area contributed by atoms with Crippen molar-refractivity contribution in [1.82, 2.24) is 19.3 Å². The molecule has 0 radical (unpaired) electrons. The minimum absolute atomic E-state index is 0.357. The summed E-state index contributed by atoms with van der Waals surface area (Å²) >= 11 is 0. The van der Waals surface area contributed by atoms with E-state index in [1.165, 1.54) is 4.31 Å². The summed E-state index contributed by atoms with van der Waals surface area (Å²) in [6.07, 6.45) is 3.08. The van der Waals surface area contributed by atoms with Crippen molar-refractivity contribution in [1.29, 1.82) is 0 Å². The van der Waals surface area contributed by atoms with Crippen LogP contribution in [0.3, 0.4) is 0 Å². The molecular formula is C12H22N4O2S. The van der Waals surface area contributed by atoms with Crippen molar-refractivity contribution in [3.8, 4) is 0 Å². The zero-order valence-corrected chi connectivity index (χ0v) is 12.3. The maximum atomic E-state index is 11.9. The van der Waals surface area contributed by atoms with E-state index >= 15 is 0 Å². The van der Waals surface area contributed by atoms with Crippen LogP contribution in [-0.2, 0) is 16.6 Å². The summed E-state index contributed by atoms with van der Waals surface area (Å²) in [5, 5.41) is 2.99. The monoisotopic (exact) mass is 286 g/mol. The number of nitrogens with one attached hydrogen (secondary N) is 2. The van der Waals surface area contributed by atoms with Gasteiger partial charge in [-0.3, -0.25) is 4.98 Å². The second-order valence-corrected chi connectivity index (χ2v) is 6.11. The quantitative estimate of drug-likeness (QED) is 0.627. The van der Waals surface area contributed by atoms with Crippen LogP contribution in [0.25, 0.3) is 0 Å². The third kappa shape index (κ3) is 6.11. The van der Waals surface area contributed by atoms with Crippen LogP contribution in [0.4, 0.5) is 0 Å². The average molecular weight is 286 g/mol. The molecule has 0 saturated carbocycles. The van der Waals surface area contributed by atoms with Gasteiger partial charge in [0.2, 0.25) is 0 Å². The fourth-order valence-corrected chi connectivity index (χ4v) is 2.51. The Morgan fingerprint density at radius 1 is 1.32 bits per heavy atom. The van der Waals surface area contributed by atoms with E-state index in [9.17, 15) is 8.42 Å². The van der Waals surface area contributed by atoms with E-state index in [0.717, 1.165) is 18.7 Å². The molecule has 6 nitrogen and oxygen atoms in total. The molecule has 0 unspecified atom stereocenters. The summed E-state index contributed by atoms with van der Waals surface area (Å²) in [5.41, 5.74) is 0.878. The Labute approximate surface area is 115 Å². The van der Waals surface area contributed by atoms with Gasteiger partial charge in [-0.15, -0.1) is 0 Å². The van der Waals surface area contributed by atoms with E-state index in [-0.39, 0.29) is 0 Å². The normalized spacial score (nSPS) is 11.9. The van der Waals surface area contributed by atoms with Crippen molar-refractivity contribution in [2.45, 2.75) is 12.8 Å². The van der Waals surface area contributed by atoms with Gasteiger partial charge >= 0.3 is 0 Å². The summed E-state index contributed by atoms with van der Waals surface area (Å²) in [6.45, 7) is 1.66. The second kappa shape index (κ2) is 8.21. The van der Waals surface area contributed by atoms with Crippen molar-refractivity contribution in [2.75, 3.05) is 33.7 Å². The van der Waals surface area contributed by atoms with Gasteiger partial charge in [0.1, 0.15) is 0 Å². The van der Waals surface area contributed by atoms with Crippen molar-refractivity contribution in [3.05, 3.63) is 30.1 Å². The molecule has 0 amide bonds. The van der Waals surface area contributed by atoms with E-state index in [1.54, 1.807) is 13.2 Å².